The third-order valence-electron chi connectivity index (χ3n) is 5.37. The zero-order valence-corrected chi connectivity index (χ0v) is 17.3. The summed E-state index contributed by atoms with van der Waals surface area (Å²) in [7, 11) is 0. The summed E-state index contributed by atoms with van der Waals surface area (Å²) in [5.41, 5.74) is 9.67. The van der Waals surface area contributed by atoms with Crippen molar-refractivity contribution < 1.29 is 4.74 Å². The van der Waals surface area contributed by atoms with E-state index in [0.29, 0.717) is 34.5 Å². The SMILES string of the molecule is [C-]#[N+]c1c(Cl)cc(C(C)n2nc(C)c3c(N)ncnc32)c(OCC)c1C1CNC1. The number of halogens is 1. The molecule has 3 N–H and O–H groups in total. The Morgan fingerprint density at radius 2 is 2.21 bits per heavy atom. The minimum absolute atomic E-state index is 0.194. The first-order valence-electron chi connectivity index (χ1n) is 9.50. The van der Waals surface area contributed by atoms with Crippen molar-refractivity contribution in [2.45, 2.75) is 32.7 Å². The molecule has 1 aliphatic rings. The van der Waals surface area contributed by atoms with E-state index in [-0.39, 0.29) is 12.0 Å². The van der Waals surface area contributed by atoms with E-state index in [1.54, 1.807) is 0 Å². The van der Waals surface area contributed by atoms with Gasteiger partial charge in [0.1, 0.15) is 17.9 Å². The fourth-order valence-electron chi connectivity index (χ4n) is 3.83. The van der Waals surface area contributed by atoms with Crippen LogP contribution >= 0.6 is 11.6 Å². The van der Waals surface area contributed by atoms with Crippen LogP contribution < -0.4 is 15.8 Å². The van der Waals surface area contributed by atoms with Crippen LogP contribution in [-0.2, 0) is 0 Å². The summed E-state index contributed by atoms with van der Waals surface area (Å²) >= 11 is 6.55. The number of nitrogens with two attached hydrogens (primary N) is 1. The second-order valence-electron chi connectivity index (χ2n) is 7.10. The minimum atomic E-state index is -0.230. The van der Waals surface area contributed by atoms with Crippen molar-refractivity contribution in [1.82, 2.24) is 25.1 Å². The molecule has 3 heterocycles. The van der Waals surface area contributed by atoms with Crippen LogP contribution in [0.4, 0.5) is 11.5 Å². The van der Waals surface area contributed by atoms with Crippen molar-refractivity contribution >= 4 is 34.1 Å². The molecule has 8 nitrogen and oxygen atoms in total. The van der Waals surface area contributed by atoms with Gasteiger partial charge in [-0.1, -0.05) is 11.6 Å². The fourth-order valence-corrected chi connectivity index (χ4v) is 4.10. The Bertz CT molecular complexity index is 1130. The average Bonchev–Trinajstić information content (AvgIpc) is 3.00. The lowest BCUT2D eigenvalue weighted by Gasteiger charge is -2.32. The summed E-state index contributed by atoms with van der Waals surface area (Å²) in [5, 5.41) is 9.10. The van der Waals surface area contributed by atoms with E-state index in [4.69, 9.17) is 28.6 Å². The number of nitrogen functional groups attached to an aromatic ring is 1. The Morgan fingerprint density at radius 3 is 2.83 bits per heavy atom. The number of hydrogen-bond acceptors (Lipinski definition) is 6. The Kier molecular flexibility index (Phi) is 5.03. The molecule has 0 saturated carbocycles. The standard InChI is InChI=1S/C20H22ClN7O/c1-5-29-18-13(6-14(21)17(23-4)16(18)12-7-24-8-12)11(3)28-20-15(10(2)27-28)19(22)25-9-26-20/h6,9,11-12,24H,5,7-8H2,1-3H3,(H2,22,25,26). The lowest BCUT2D eigenvalue weighted by Crippen LogP contribution is -2.40. The molecule has 1 fully saturated rings. The Morgan fingerprint density at radius 1 is 1.45 bits per heavy atom. The van der Waals surface area contributed by atoms with Gasteiger partial charge in [-0.25, -0.2) is 19.5 Å². The molecule has 0 amide bonds. The molecule has 0 radical (unpaired) electrons. The van der Waals surface area contributed by atoms with E-state index < -0.39 is 0 Å². The number of nitrogens with zero attached hydrogens (tertiary/aromatic N) is 5. The molecule has 1 unspecified atom stereocenters. The molecule has 9 heteroatoms. The van der Waals surface area contributed by atoms with Gasteiger partial charge < -0.3 is 15.8 Å². The summed E-state index contributed by atoms with van der Waals surface area (Å²) in [6.07, 6.45) is 1.44. The van der Waals surface area contributed by atoms with Crippen LogP contribution in [0.1, 0.15) is 42.6 Å². The van der Waals surface area contributed by atoms with E-state index in [1.165, 1.54) is 6.33 Å². The van der Waals surface area contributed by atoms with Crippen LogP contribution in [0.2, 0.25) is 5.02 Å². The molecule has 29 heavy (non-hydrogen) atoms. The van der Waals surface area contributed by atoms with Gasteiger partial charge in [0.2, 0.25) is 5.69 Å². The molecule has 0 aliphatic carbocycles. The van der Waals surface area contributed by atoms with Crippen molar-refractivity contribution in [1.29, 1.82) is 0 Å². The molecule has 0 spiro atoms. The van der Waals surface area contributed by atoms with Crippen molar-refractivity contribution in [2.24, 2.45) is 0 Å². The molecule has 1 aromatic carbocycles. The smallest absolute Gasteiger partial charge is 0.212 e. The highest BCUT2D eigenvalue weighted by molar-refractivity contribution is 6.33. The van der Waals surface area contributed by atoms with Gasteiger partial charge in [0.15, 0.2) is 5.65 Å². The molecule has 2 aromatic heterocycles. The largest absolute Gasteiger partial charge is 0.495 e. The first-order chi connectivity index (χ1) is 14.0. The highest BCUT2D eigenvalue weighted by Gasteiger charge is 2.31. The van der Waals surface area contributed by atoms with E-state index >= 15 is 0 Å². The van der Waals surface area contributed by atoms with Gasteiger partial charge in [0, 0.05) is 35.2 Å². The highest BCUT2D eigenvalue weighted by atomic mass is 35.5. The Labute approximate surface area is 173 Å². The third-order valence-corrected chi connectivity index (χ3v) is 5.66. The molecule has 3 aromatic rings. The lowest BCUT2D eigenvalue weighted by molar-refractivity contribution is 0.320. The van der Waals surface area contributed by atoms with Gasteiger partial charge in [0.05, 0.1) is 30.3 Å². The first kappa shape index (κ1) is 19.4. The average molecular weight is 412 g/mol. The van der Waals surface area contributed by atoms with Crippen LogP contribution in [0, 0.1) is 13.5 Å². The number of fused-ring (bicyclic) bond motifs is 1. The number of ether oxygens (including phenoxy) is 1. The zero-order chi connectivity index (χ0) is 20.7. The summed E-state index contributed by atoms with van der Waals surface area (Å²) in [4.78, 5) is 12.2. The number of aromatic nitrogens is 4. The number of hydrogen-bond donors (Lipinski definition) is 2. The lowest BCUT2D eigenvalue weighted by atomic mass is 9.88. The van der Waals surface area contributed by atoms with E-state index in [1.807, 2.05) is 31.5 Å². The van der Waals surface area contributed by atoms with Crippen molar-refractivity contribution in [2.75, 3.05) is 25.4 Å². The Balaban J connectivity index is 1.94. The second-order valence-corrected chi connectivity index (χ2v) is 7.51. The van der Waals surface area contributed by atoms with Crippen LogP contribution in [0.25, 0.3) is 15.9 Å². The van der Waals surface area contributed by atoms with Gasteiger partial charge in [-0.15, -0.1) is 0 Å². The minimum Gasteiger partial charge on any atom is -0.495 e. The fraction of sp³-hybridized carbons (Fsp3) is 0.400. The van der Waals surface area contributed by atoms with Crippen molar-refractivity contribution in [3.05, 3.63) is 45.7 Å². The molecular weight excluding hydrogens is 390 g/mol. The molecule has 4 rings (SSSR count). The maximum Gasteiger partial charge on any atom is 0.212 e. The van der Waals surface area contributed by atoms with Crippen LogP contribution in [0.5, 0.6) is 5.75 Å². The zero-order valence-electron chi connectivity index (χ0n) is 16.5. The third kappa shape index (κ3) is 3.07. The van der Waals surface area contributed by atoms with Gasteiger partial charge in [0.25, 0.3) is 0 Å². The van der Waals surface area contributed by atoms with Crippen LogP contribution in [-0.4, -0.2) is 39.4 Å². The number of nitrogens with one attached hydrogen (secondary N) is 1. The van der Waals surface area contributed by atoms with Crippen molar-refractivity contribution in [3.8, 4) is 5.75 Å². The quantitative estimate of drug-likeness (QED) is 0.622. The van der Waals surface area contributed by atoms with Gasteiger partial charge in [-0.3, -0.25) is 0 Å². The van der Waals surface area contributed by atoms with Crippen LogP contribution in [0.15, 0.2) is 12.4 Å². The van der Waals surface area contributed by atoms with Gasteiger partial charge in [-0.2, -0.15) is 5.10 Å². The van der Waals surface area contributed by atoms with Crippen molar-refractivity contribution in [3.63, 3.8) is 0 Å². The molecular formula is C20H22ClN7O. The summed E-state index contributed by atoms with van der Waals surface area (Å²) in [6, 6.07) is 1.58. The number of benzene rings is 1. The maximum absolute atomic E-state index is 7.64. The number of aryl methyl sites for hydroxylation is 1. The monoisotopic (exact) mass is 411 g/mol. The predicted octanol–water partition coefficient (Wildman–Crippen LogP) is 3.62. The molecule has 1 saturated heterocycles. The summed E-state index contributed by atoms with van der Waals surface area (Å²) < 4.78 is 7.90. The summed E-state index contributed by atoms with van der Waals surface area (Å²) in [6.45, 7) is 15.5. The van der Waals surface area contributed by atoms with E-state index in [9.17, 15) is 0 Å². The van der Waals surface area contributed by atoms with E-state index in [2.05, 4.69) is 25.2 Å². The normalized spacial score (nSPS) is 15.1. The maximum atomic E-state index is 7.64. The predicted molar refractivity (Wildman–Crippen MR) is 113 cm³/mol. The first-order valence-corrected chi connectivity index (χ1v) is 9.88. The number of rotatable bonds is 5. The van der Waals surface area contributed by atoms with Crippen LogP contribution in [0.3, 0.4) is 0 Å². The van der Waals surface area contributed by atoms with E-state index in [0.717, 1.165) is 35.3 Å². The molecule has 1 aliphatic heterocycles. The second kappa shape index (κ2) is 7.50. The van der Waals surface area contributed by atoms with Gasteiger partial charge in [-0.05, 0) is 26.8 Å². The summed E-state index contributed by atoms with van der Waals surface area (Å²) in [5.74, 6) is 1.31. The highest BCUT2D eigenvalue weighted by Crippen LogP contribution is 2.47. The molecule has 150 valence electrons. The topological polar surface area (TPSA) is 95.2 Å². The molecule has 1 atom stereocenters. The number of anilines is 1. The Hall–Kier alpha value is -2.89. The van der Waals surface area contributed by atoms with Gasteiger partial charge >= 0.3 is 0 Å². The molecule has 0 bridgehead atoms.